The SMILES string of the molecule is CN(C)c1nc(N)nc(/C(C#N)=C/c2ccc(-c3ccccc3Br)s2)n1. The van der Waals surface area contributed by atoms with Crippen molar-refractivity contribution in [3.05, 3.63) is 51.6 Å². The number of thiophene rings is 1. The fraction of sp³-hybridized carbons (Fsp3) is 0.111. The molecule has 26 heavy (non-hydrogen) atoms. The first-order valence-electron chi connectivity index (χ1n) is 7.63. The first kappa shape index (κ1) is 18.0. The predicted octanol–water partition coefficient (Wildman–Crippen LogP) is 4.07. The highest BCUT2D eigenvalue weighted by molar-refractivity contribution is 9.10. The Morgan fingerprint density at radius 2 is 1.96 bits per heavy atom. The number of nitriles is 1. The van der Waals surface area contributed by atoms with Gasteiger partial charge in [-0.05, 0) is 24.3 Å². The Morgan fingerprint density at radius 1 is 1.19 bits per heavy atom. The number of hydrogen-bond acceptors (Lipinski definition) is 7. The average Bonchev–Trinajstić information content (AvgIpc) is 3.07. The van der Waals surface area contributed by atoms with E-state index in [1.807, 2.05) is 36.4 Å². The van der Waals surface area contributed by atoms with Crippen LogP contribution in [0.15, 0.2) is 40.9 Å². The fourth-order valence-corrected chi connectivity index (χ4v) is 3.85. The van der Waals surface area contributed by atoms with Gasteiger partial charge < -0.3 is 10.6 Å². The molecule has 0 spiro atoms. The number of rotatable bonds is 4. The molecule has 2 aromatic heterocycles. The number of aromatic nitrogens is 3. The molecule has 1 aromatic carbocycles. The summed E-state index contributed by atoms with van der Waals surface area (Å²) in [5.41, 5.74) is 7.19. The lowest BCUT2D eigenvalue weighted by atomic mass is 10.2. The molecule has 0 amide bonds. The van der Waals surface area contributed by atoms with Crippen molar-refractivity contribution in [2.45, 2.75) is 0 Å². The normalized spacial score (nSPS) is 11.2. The van der Waals surface area contributed by atoms with Crippen LogP contribution >= 0.6 is 27.3 Å². The highest BCUT2D eigenvalue weighted by Crippen LogP contribution is 2.34. The maximum absolute atomic E-state index is 9.55. The minimum Gasteiger partial charge on any atom is -0.368 e. The van der Waals surface area contributed by atoms with Gasteiger partial charge in [-0.15, -0.1) is 11.3 Å². The van der Waals surface area contributed by atoms with Crippen molar-refractivity contribution in [3.8, 4) is 16.5 Å². The summed E-state index contributed by atoms with van der Waals surface area (Å²) in [6, 6.07) is 14.2. The molecule has 2 heterocycles. The van der Waals surface area contributed by atoms with Crippen LogP contribution in [-0.2, 0) is 0 Å². The quantitative estimate of drug-likeness (QED) is 0.631. The lowest BCUT2D eigenvalue weighted by molar-refractivity contribution is 0.952. The second-order valence-electron chi connectivity index (χ2n) is 5.56. The Bertz CT molecular complexity index is 1020. The Balaban J connectivity index is 1.99. The zero-order valence-corrected chi connectivity index (χ0v) is 16.5. The minimum atomic E-state index is 0.0833. The number of allylic oxidation sites excluding steroid dienone is 1. The number of hydrogen-bond donors (Lipinski definition) is 1. The van der Waals surface area contributed by atoms with Crippen LogP contribution in [0.2, 0.25) is 0 Å². The van der Waals surface area contributed by atoms with Gasteiger partial charge in [-0.3, -0.25) is 0 Å². The van der Waals surface area contributed by atoms with Gasteiger partial charge in [-0.1, -0.05) is 34.1 Å². The zero-order valence-electron chi connectivity index (χ0n) is 14.1. The van der Waals surface area contributed by atoms with Gasteiger partial charge in [0.25, 0.3) is 0 Å². The van der Waals surface area contributed by atoms with Crippen molar-refractivity contribution in [1.82, 2.24) is 15.0 Å². The maximum Gasteiger partial charge on any atom is 0.230 e. The van der Waals surface area contributed by atoms with Gasteiger partial charge in [0.2, 0.25) is 11.9 Å². The standard InChI is InChI=1S/C18H15BrN6S/c1-25(2)18-23-16(22-17(21)24-18)11(10-20)9-12-7-8-15(26-12)13-5-3-4-6-14(13)19/h3-9H,1-2H3,(H2,21,22,23,24)/b11-9+. The fourth-order valence-electron chi connectivity index (χ4n) is 2.23. The molecule has 0 saturated heterocycles. The van der Waals surface area contributed by atoms with Crippen LogP contribution in [0.1, 0.15) is 10.7 Å². The van der Waals surface area contributed by atoms with Gasteiger partial charge in [0.15, 0.2) is 5.82 Å². The van der Waals surface area contributed by atoms with Gasteiger partial charge in [0.05, 0.1) is 5.57 Å². The van der Waals surface area contributed by atoms with Crippen LogP contribution in [0.25, 0.3) is 22.1 Å². The van der Waals surface area contributed by atoms with Crippen molar-refractivity contribution < 1.29 is 0 Å². The molecule has 2 N–H and O–H groups in total. The van der Waals surface area contributed by atoms with E-state index in [-0.39, 0.29) is 11.8 Å². The van der Waals surface area contributed by atoms with Crippen molar-refractivity contribution in [3.63, 3.8) is 0 Å². The summed E-state index contributed by atoms with van der Waals surface area (Å²) in [6.07, 6.45) is 1.76. The summed E-state index contributed by atoms with van der Waals surface area (Å²) in [5.74, 6) is 0.758. The van der Waals surface area contributed by atoms with E-state index in [1.165, 1.54) is 0 Å². The van der Waals surface area contributed by atoms with Crippen molar-refractivity contribution >= 4 is 50.8 Å². The minimum absolute atomic E-state index is 0.0833. The second-order valence-corrected chi connectivity index (χ2v) is 7.53. The van der Waals surface area contributed by atoms with Crippen LogP contribution in [0.5, 0.6) is 0 Å². The van der Waals surface area contributed by atoms with Gasteiger partial charge in [-0.25, -0.2) is 0 Å². The van der Waals surface area contributed by atoms with Crippen LogP contribution in [0.4, 0.5) is 11.9 Å². The second kappa shape index (κ2) is 7.64. The highest BCUT2D eigenvalue weighted by Gasteiger charge is 2.12. The average molecular weight is 427 g/mol. The molecular formula is C18H15BrN6S. The van der Waals surface area contributed by atoms with E-state index in [2.05, 4.69) is 37.0 Å². The first-order valence-corrected chi connectivity index (χ1v) is 9.24. The van der Waals surface area contributed by atoms with Crippen LogP contribution in [0.3, 0.4) is 0 Å². The number of nitrogens with zero attached hydrogens (tertiary/aromatic N) is 5. The van der Waals surface area contributed by atoms with E-state index in [4.69, 9.17) is 5.73 Å². The molecular weight excluding hydrogens is 412 g/mol. The highest BCUT2D eigenvalue weighted by atomic mass is 79.9. The van der Waals surface area contributed by atoms with E-state index in [1.54, 1.807) is 36.4 Å². The summed E-state index contributed by atoms with van der Waals surface area (Å²) < 4.78 is 1.03. The molecule has 0 unspecified atom stereocenters. The van der Waals surface area contributed by atoms with Crippen molar-refractivity contribution in [2.75, 3.05) is 24.7 Å². The number of halogens is 1. The molecule has 0 aliphatic carbocycles. The summed E-state index contributed by atoms with van der Waals surface area (Å²) in [4.78, 5) is 16.2. The Kier molecular flexibility index (Phi) is 5.30. The van der Waals surface area contributed by atoms with Crippen molar-refractivity contribution in [2.24, 2.45) is 0 Å². The molecule has 0 radical (unpaired) electrons. The van der Waals surface area contributed by atoms with E-state index in [0.29, 0.717) is 11.5 Å². The smallest absolute Gasteiger partial charge is 0.230 e. The lowest BCUT2D eigenvalue weighted by Crippen LogP contribution is -2.15. The molecule has 0 atom stereocenters. The molecule has 0 saturated carbocycles. The maximum atomic E-state index is 9.55. The summed E-state index contributed by atoms with van der Waals surface area (Å²) in [6.45, 7) is 0. The van der Waals surface area contributed by atoms with E-state index >= 15 is 0 Å². The summed E-state index contributed by atoms with van der Waals surface area (Å²) in [7, 11) is 3.61. The van der Waals surface area contributed by atoms with Gasteiger partial charge in [0.1, 0.15) is 6.07 Å². The summed E-state index contributed by atoms with van der Waals surface area (Å²) in [5, 5.41) is 9.55. The Labute approximate surface area is 163 Å². The third kappa shape index (κ3) is 3.90. The van der Waals surface area contributed by atoms with Crippen LogP contribution < -0.4 is 10.6 Å². The molecule has 3 rings (SSSR count). The van der Waals surface area contributed by atoms with Gasteiger partial charge in [-0.2, -0.15) is 20.2 Å². The lowest BCUT2D eigenvalue weighted by Gasteiger charge is -2.10. The topological polar surface area (TPSA) is 91.7 Å². The zero-order chi connectivity index (χ0) is 18.7. The third-order valence-corrected chi connectivity index (χ3v) is 5.21. The molecule has 0 aliphatic rings. The molecule has 3 aromatic rings. The predicted molar refractivity (Wildman–Crippen MR) is 110 cm³/mol. The Hall–Kier alpha value is -2.76. The van der Waals surface area contributed by atoms with E-state index in [0.717, 1.165) is 19.8 Å². The van der Waals surface area contributed by atoms with Crippen molar-refractivity contribution in [1.29, 1.82) is 5.26 Å². The number of anilines is 2. The van der Waals surface area contributed by atoms with Crippen LogP contribution in [0, 0.1) is 11.3 Å². The Morgan fingerprint density at radius 3 is 2.65 bits per heavy atom. The van der Waals surface area contributed by atoms with Crippen LogP contribution in [-0.4, -0.2) is 29.0 Å². The molecule has 130 valence electrons. The summed E-state index contributed by atoms with van der Waals surface area (Å²) >= 11 is 5.15. The largest absolute Gasteiger partial charge is 0.368 e. The molecule has 6 nitrogen and oxygen atoms in total. The number of nitrogens with two attached hydrogens (primary N) is 1. The van der Waals surface area contributed by atoms with Gasteiger partial charge in [0, 0.05) is 33.9 Å². The molecule has 8 heteroatoms. The van der Waals surface area contributed by atoms with E-state index in [9.17, 15) is 5.26 Å². The number of nitrogen functional groups attached to an aromatic ring is 1. The molecule has 0 fully saturated rings. The first-order chi connectivity index (χ1) is 12.5. The number of benzene rings is 1. The van der Waals surface area contributed by atoms with Gasteiger partial charge >= 0.3 is 0 Å². The third-order valence-electron chi connectivity index (χ3n) is 3.45. The molecule has 0 aliphatic heterocycles. The monoisotopic (exact) mass is 426 g/mol. The van der Waals surface area contributed by atoms with E-state index < -0.39 is 0 Å². The molecule has 0 bridgehead atoms.